The Labute approximate surface area is 144 Å². The first-order valence-electron chi connectivity index (χ1n) is 8.48. The van der Waals surface area contributed by atoms with Gasteiger partial charge < -0.3 is 10.5 Å². The van der Waals surface area contributed by atoms with Crippen LogP contribution in [0.4, 0.5) is 10.2 Å². The first-order chi connectivity index (χ1) is 12.2. The third-order valence-corrected chi connectivity index (χ3v) is 4.91. The molecule has 25 heavy (non-hydrogen) atoms. The summed E-state index contributed by atoms with van der Waals surface area (Å²) in [7, 11) is 0. The highest BCUT2D eigenvalue weighted by molar-refractivity contribution is 5.88. The van der Waals surface area contributed by atoms with E-state index in [2.05, 4.69) is 20.2 Å². The molecule has 1 unspecified atom stereocenters. The molecule has 0 amide bonds. The number of alkyl halides is 1. The first kappa shape index (κ1) is 16.0. The number of aromatic nitrogens is 4. The smallest absolute Gasteiger partial charge is 0.186 e. The number of halogens is 1. The molecule has 4 rings (SSSR count). The Kier molecular flexibility index (Phi) is 4.09. The number of nitrogens with one attached hydrogen (secondary N) is 1. The molecule has 1 atom stereocenters. The Morgan fingerprint density at radius 3 is 2.72 bits per heavy atom. The molecular weight excluding hydrogens is 321 g/mol. The van der Waals surface area contributed by atoms with E-state index < -0.39 is 11.8 Å². The predicted molar refractivity (Wildman–Crippen MR) is 92.5 cm³/mol. The minimum Gasteiger partial charge on any atom is -0.383 e. The molecule has 6 nitrogen and oxygen atoms in total. The number of nitrogens with zero attached hydrogens (tertiary/aromatic N) is 3. The SMILES string of the molecule is Nc1ncnc2n[nH]c(C3(OCC(F)c4ccccc4)CCCC3)c12. The molecule has 2 aromatic heterocycles. The lowest BCUT2D eigenvalue weighted by molar-refractivity contribution is -0.0689. The zero-order chi connectivity index (χ0) is 17.3. The summed E-state index contributed by atoms with van der Waals surface area (Å²) in [5, 5.41) is 7.93. The van der Waals surface area contributed by atoms with Crippen molar-refractivity contribution < 1.29 is 9.13 Å². The maximum Gasteiger partial charge on any atom is 0.186 e. The van der Waals surface area contributed by atoms with E-state index in [0.29, 0.717) is 22.4 Å². The van der Waals surface area contributed by atoms with E-state index in [4.69, 9.17) is 10.5 Å². The molecule has 0 radical (unpaired) electrons. The first-order valence-corrected chi connectivity index (χ1v) is 8.48. The van der Waals surface area contributed by atoms with E-state index in [1.165, 1.54) is 6.33 Å². The van der Waals surface area contributed by atoms with Crippen LogP contribution in [-0.4, -0.2) is 26.8 Å². The summed E-state index contributed by atoms with van der Waals surface area (Å²) in [5.41, 5.74) is 7.31. The molecule has 0 saturated heterocycles. The minimum absolute atomic E-state index is 0.0158. The lowest BCUT2D eigenvalue weighted by Gasteiger charge is -2.29. The van der Waals surface area contributed by atoms with E-state index in [1.807, 2.05) is 18.2 Å². The van der Waals surface area contributed by atoms with Crippen molar-refractivity contribution in [3.05, 3.63) is 47.9 Å². The zero-order valence-electron chi connectivity index (χ0n) is 13.8. The summed E-state index contributed by atoms with van der Waals surface area (Å²) >= 11 is 0. The standard InChI is InChI=1S/C18H20FN5O/c19-13(12-6-2-1-3-7-12)10-25-18(8-4-5-9-18)15-14-16(20)21-11-22-17(14)24-23-15/h1-3,6-7,11,13H,4-5,8-10H2,(H3,20,21,22,23,24). The fraction of sp³-hybridized carbons (Fsp3) is 0.389. The highest BCUT2D eigenvalue weighted by Gasteiger charge is 2.41. The summed E-state index contributed by atoms with van der Waals surface area (Å²) in [6, 6.07) is 9.07. The quantitative estimate of drug-likeness (QED) is 0.742. The van der Waals surface area contributed by atoms with Crippen molar-refractivity contribution >= 4 is 16.9 Å². The van der Waals surface area contributed by atoms with Gasteiger partial charge in [0.1, 0.15) is 23.9 Å². The predicted octanol–water partition coefficient (Wildman–Crippen LogP) is 3.43. The number of hydrogen-bond acceptors (Lipinski definition) is 5. The second-order valence-electron chi connectivity index (χ2n) is 6.45. The molecule has 1 saturated carbocycles. The van der Waals surface area contributed by atoms with E-state index in [-0.39, 0.29) is 6.61 Å². The van der Waals surface area contributed by atoms with Gasteiger partial charge in [-0.15, -0.1) is 0 Å². The van der Waals surface area contributed by atoms with Crippen LogP contribution in [0.2, 0.25) is 0 Å². The molecule has 130 valence electrons. The van der Waals surface area contributed by atoms with Gasteiger partial charge in [-0.25, -0.2) is 14.4 Å². The number of nitrogen functional groups attached to an aromatic ring is 1. The molecule has 7 heteroatoms. The highest BCUT2D eigenvalue weighted by Crippen LogP contribution is 2.45. The topological polar surface area (TPSA) is 89.7 Å². The fourth-order valence-electron chi connectivity index (χ4n) is 3.61. The molecule has 2 heterocycles. The average Bonchev–Trinajstić information content (AvgIpc) is 3.29. The van der Waals surface area contributed by atoms with E-state index in [9.17, 15) is 4.39 Å². The van der Waals surface area contributed by atoms with Crippen LogP contribution in [0.3, 0.4) is 0 Å². The van der Waals surface area contributed by atoms with E-state index >= 15 is 0 Å². The molecule has 3 aromatic rings. The number of benzene rings is 1. The van der Waals surface area contributed by atoms with Crippen molar-refractivity contribution in [3.63, 3.8) is 0 Å². The maximum atomic E-state index is 14.6. The van der Waals surface area contributed by atoms with Crippen LogP contribution in [0.5, 0.6) is 0 Å². The largest absolute Gasteiger partial charge is 0.383 e. The Balaban J connectivity index is 1.64. The van der Waals surface area contributed by atoms with Crippen molar-refractivity contribution in [2.24, 2.45) is 0 Å². The number of nitrogens with two attached hydrogens (primary N) is 1. The number of hydrogen-bond donors (Lipinski definition) is 2. The van der Waals surface area contributed by atoms with Gasteiger partial charge >= 0.3 is 0 Å². The molecule has 1 fully saturated rings. The summed E-state index contributed by atoms with van der Waals surface area (Å²) in [6.45, 7) is -0.0158. The van der Waals surface area contributed by atoms with Crippen LogP contribution in [0.15, 0.2) is 36.7 Å². The Morgan fingerprint density at radius 1 is 1.20 bits per heavy atom. The summed E-state index contributed by atoms with van der Waals surface area (Å²) in [6.07, 6.45) is 3.81. The molecule has 1 aliphatic carbocycles. The summed E-state index contributed by atoms with van der Waals surface area (Å²) in [4.78, 5) is 8.21. The van der Waals surface area contributed by atoms with Crippen LogP contribution < -0.4 is 5.73 Å². The van der Waals surface area contributed by atoms with Crippen molar-refractivity contribution in [2.75, 3.05) is 12.3 Å². The number of rotatable bonds is 5. The molecule has 1 aromatic carbocycles. The maximum absolute atomic E-state index is 14.6. The van der Waals surface area contributed by atoms with Crippen molar-refractivity contribution in [1.29, 1.82) is 0 Å². The minimum atomic E-state index is -1.18. The van der Waals surface area contributed by atoms with E-state index in [0.717, 1.165) is 31.4 Å². The van der Waals surface area contributed by atoms with Gasteiger partial charge in [-0.1, -0.05) is 43.2 Å². The van der Waals surface area contributed by atoms with Crippen LogP contribution in [0.1, 0.15) is 43.1 Å². The summed E-state index contributed by atoms with van der Waals surface area (Å²) < 4.78 is 20.8. The number of fused-ring (bicyclic) bond motifs is 1. The third kappa shape index (κ3) is 2.84. The van der Waals surface area contributed by atoms with Gasteiger partial charge in [-0.2, -0.15) is 5.10 Å². The molecule has 1 aliphatic rings. The molecule has 0 spiro atoms. The molecule has 3 N–H and O–H groups in total. The lowest BCUT2D eigenvalue weighted by atomic mass is 9.95. The molecular formula is C18H20FN5O. The molecule has 0 aliphatic heterocycles. The van der Waals surface area contributed by atoms with Gasteiger partial charge in [0.25, 0.3) is 0 Å². The van der Waals surface area contributed by atoms with Crippen LogP contribution >= 0.6 is 0 Å². The number of anilines is 1. The van der Waals surface area contributed by atoms with Gasteiger partial charge in [0.2, 0.25) is 0 Å². The number of H-pyrrole nitrogens is 1. The number of aromatic amines is 1. The van der Waals surface area contributed by atoms with Gasteiger partial charge in [-0.3, -0.25) is 5.10 Å². The van der Waals surface area contributed by atoms with Crippen LogP contribution in [-0.2, 0) is 10.3 Å². The van der Waals surface area contributed by atoms with Crippen molar-refractivity contribution in [2.45, 2.75) is 37.5 Å². The Hall–Kier alpha value is -2.54. The normalized spacial score (nSPS) is 17.8. The lowest BCUT2D eigenvalue weighted by Crippen LogP contribution is -2.29. The Morgan fingerprint density at radius 2 is 1.96 bits per heavy atom. The average molecular weight is 341 g/mol. The van der Waals surface area contributed by atoms with Crippen LogP contribution in [0, 0.1) is 0 Å². The fourth-order valence-corrected chi connectivity index (χ4v) is 3.61. The highest BCUT2D eigenvalue weighted by atomic mass is 19.1. The van der Waals surface area contributed by atoms with Gasteiger partial charge in [0.15, 0.2) is 5.65 Å². The van der Waals surface area contributed by atoms with Gasteiger partial charge in [0.05, 0.1) is 17.7 Å². The molecule has 0 bridgehead atoms. The summed E-state index contributed by atoms with van der Waals surface area (Å²) in [5.74, 6) is 0.364. The van der Waals surface area contributed by atoms with Gasteiger partial charge in [-0.05, 0) is 18.4 Å². The third-order valence-electron chi connectivity index (χ3n) is 4.91. The second kappa shape index (κ2) is 6.40. The van der Waals surface area contributed by atoms with Crippen molar-refractivity contribution in [3.8, 4) is 0 Å². The Bertz CT molecular complexity index is 860. The van der Waals surface area contributed by atoms with Crippen molar-refractivity contribution in [1.82, 2.24) is 20.2 Å². The monoisotopic (exact) mass is 341 g/mol. The van der Waals surface area contributed by atoms with Crippen LogP contribution in [0.25, 0.3) is 11.0 Å². The van der Waals surface area contributed by atoms with Gasteiger partial charge in [0, 0.05) is 0 Å². The zero-order valence-corrected chi connectivity index (χ0v) is 13.8. The number of ether oxygens (including phenoxy) is 1. The van der Waals surface area contributed by atoms with E-state index in [1.54, 1.807) is 12.1 Å². The second-order valence-corrected chi connectivity index (χ2v) is 6.45.